The number of fused-ring (bicyclic) bond motifs is 1. The molecule has 1 aliphatic rings. The summed E-state index contributed by atoms with van der Waals surface area (Å²) in [6.45, 7) is 7.20. The van der Waals surface area contributed by atoms with Crippen molar-refractivity contribution < 1.29 is 22.3 Å². The Labute approximate surface area is 198 Å². The van der Waals surface area contributed by atoms with Crippen LogP contribution in [-0.2, 0) is 5.41 Å². The van der Waals surface area contributed by atoms with Gasteiger partial charge in [-0.25, -0.2) is 4.98 Å². The number of aryl methyl sites for hydroxylation is 1. The smallest absolute Gasteiger partial charge is 0.422 e. The molecule has 0 aliphatic carbocycles. The maximum atomic E-state index is 12.7. The minimum atomic E-state index is -4.41. The summed E-state index contributed by atoms with van der Waals surface area (Å²) < 4.78 is 49.4. The highest BCUT2D eigenvalue weighted by Crippen LogP contribution is 2.37. The Kier molecular flexibility index (Phi) is 6.73. The van der Waals surface area contributed by atoms with Gasteiger partial charge in [0.1, 0.15) is 11.4 Å². The third-order valence-electron chi connectivity index (χ3n) is 5.06. The van der Waals surface area contributed by atoms with E-state index in [2.05, 4.69) is 15.5 Å². The summed E-state index contributed by atoms with van der Waals surface area (Å²) in [7, 11) is 0. The molecule has 1 aliphatic heterocycles. The van der Waals surface area contributed by atoms with Crippen molar-refractivity contribution in [3.63, 3.8) is 0 Å². The fourth-order valence-electron chi connectivity index (χ4n) is 3.49. The zero-order valence-corrected chi connectivity index (χ0v) is 20.4. The lowest BCUT2D eigenvalue weighted by molar-refractivity contribution is -0.153. The molecule has 3 aromatic rings. The molecule has 1 saturated heterocycles. The molecular weight excluding hydrogens is 473 g/mol. The van der Waals surface area contributed by atoms with E-state index in [1.54, 1.807) is 18.2 Å². The van der Waals surface area contributed by atoms with Crippen LogP contribution < -0.4 is 10.1 Å². The molecule has 0 bridgehead atoms. The van der Waals surface area contributed by atoms with E-state index in [4.69, 9.17) is 14.1 Å². The number of rotatable bonds is 6. The summed E-state index contributed by atoms with van der Waals surface area (Å²) in [5.74, 6) is 2.73. The van der Waals surface area contributed by atoms with Crippen LogP contribution in [0.2, 0.25) is 0 Å². The van der Waals surface area contributed by atoms with Crippen LogP contribution in [-0.4, -0.2) is 50.6 Å². The summed E-state index contributed by atoms with van der Waals surface area (Å²) in [5.41, 5.74) is 2.40. The fraction of sp³-hybridized carbons (Fsp3) is 0.500. The molecule has 0 radical (unpaired) electrons. The first-order chi connectivity index (χ1) is 15.5. The van der Waals surface area contributed by atoms with Crippen molar-refractivity contribution in [3.8, 4) is 17.3 Å². The van der Waals surface area contributed by atoms with Gasteiger partial charge >= 0.3 is 12.2 Å². The van der Waals surface area contributed by atoms with Crippen molar-refractivity contribution in [2.45, 2.75) is 43.9 Å². The second kappa shape index (κ2) is 9.25. The zero-order chi connectivity index (χ0) is 23.8. The standard InChI is InChI=1S/C22H25F3N4O2S2/c1-12-7-16(19-28-29-20(31-19)26-10-17-32-5-6-33-17)27-18-14(12)8-13(30-11-22(23,24)25)9-15(18)21(2,3)4/h7-9,17H,5-6,10-11H2,1-4H3,(H,26,29). The highest BCUT2D eigenvalue weighted by Gasteiger charge is 2.29. The monoisotopic (exact) mass is 498 g/mol. The van der Waals surface area contributed by atoms with Crippen LogP contribution in [0.1, 0.15) is 31.9 Å². The molecule has 1 fully saturated rings. The Morgan fingerprint density at radius 3 is 2.52 bits per heavy atom. The van der Waals surface area contributed by atoms with Gasteiger partial charge in [0.15, 0.2) is 6.61 Å². The molecule has 11 heteroatoms. The Bertz CT molecular complexity index is 1140. The molecule has 0 unspecified atom stereocenters. The summed E-state index contributed by atoms with van der Waals surface area (Å²) in [6, 6.07) is 5.36. The molecule has 0 spiro atoms. The Hall–Kier alpha value is -2.14. The first-order valence-electron chi connectivity index (χ1n) is 10.5. The molecule has 4 rings (SSSR count). The van der Waals surface area contributed by atoms with Gasteiger partial charge in [0.2, 0.25) is 0 Å². The van der Waals surface area contributed by atoms with Crippen LogP contribution in [0.15, 0.2) is 22.6 Å². The van der Waals surface area contributed by atoms with E-state index in [0.29, 0.717) is 21.8 Å². The van der Waals surface area contributed by atoms with Crippen molar-refractivity contribution in [1.29, 1.82) is 0 Å². The van der Waals surface area contributed by atoms with Crippen molar-refractivity contribution in [3.05, 3.63) is 29.3 Å². The lowest BCUT2D eigenvalue weighted by Gasteiger charge is -2.23. The molecule has 0 atom stereocenters. The molecule has 1 aromatic carbocycles. The summed E-state index contributed by atoms with van der Waals surface area (Å²) in [4.78, 5) is 4.76. The van der Waals surface area contributed by atoms with E-state index in [-0.39, 0.29) is 17.1 Å². The first-order valence-corrected chi connectivity index (χ1v) is 12.6. The Balaban J connectivity index is 1.67. The van der Waals surface area contributed by atoms with Gasteiger partial charge in [-0.05, 0) is 41.7 Å². The van der Waals surface area contributed by atoms with Crippen molar-refractivity contribution >= 4 is 40.4 Å². The molecule has 3 heterocycles. The molecular formula is C22H25F3N4O2S2. The molecule has 178 valence electrons. The SMILES string of the molecule is Cc1cc(-c2nnc(NCC3SCCS3)o2)nc2c(C(C)(C)C)cc(OCC(F)(F)F)cc12. The van der Waals surface area contributed by atoms with Crippen molar-refractivity contribution in [2.75, 3.05) is 30.0 Å². The number of anilines is 1. The number of ether oxygens (including phenoxy) is 1. The minimum Gasteiger partial charge on any atom is -0.484 e. The number of halogens is 3. The zero-order valence-electron chi connectivity index (χ0n) is 18.7. The molecule has 33 heavy (non-hydrogen) atoms. The third-order valence-corrected chi connectivity index (χ3v) is 8.09. The molecule has 1 N–H and O–H groups in total. The van der Waals surface area contributed by atoms with Crippen molar-refractivity contribution in [1.82, 2.24) is 15.2 Å². The quantitative estimate of drug-likeness (QED) is 0.440. The van der Waals surface area contributed by atoms with Crippen LogP contribution in [0, 0.1) is 6.92 Å². The number of pyridine rings is 1. The van der Waals surface area contributed by atoms with Gasteiger partial charge in [-0.1, -0.05) is 25.9 Å². The second-order valence-electron chi connectivity index (χ2n) is 8.81. The highest BCUT2D eigenvalue weighted by molar-refractivity contribution is 8.20. The average molecular weight is 499 g/mol. The highest BCUT2D eigenvalue weighted by atomic mass is 32.2. The Morgan fingerprint density at radius 2 is 1.85 bits per heavy atom. The normalized spacial score (nSPS) is 15.4. The topological polar surface area (TPSA) is 73.1 Å². The van der Waals surface area contributed by atoms with E-state index in [1.807, 2.05) is 51.2 Å². The van der Waals surface area contributed by atoms with Crippen molar-refractivity contribution in [2.24, 2.45) is 0 Å². The average Bonchev–Trinajstić information content (AvgIpc) is 3.41. The van der Waals surface area contributed by atoms with Crippen LogP contribution in [0.4, 0.5) is 19.2 Å². The largest absolute Gasteiger partial charge is 0.484 e. The van der Waals surface area contributed by atoms with Crippen LogP contribution in [0.3, 0.4) is 0 Å². The Morgan fingerprint density at radius 1 is 1.12 bits per heavy atom. The number of nitrogens with zero attached hydrogens (tertiary/aromatic N) is 3. The molecule has 6 nitrogen and oxygen atoms in total. The van der Waals surface area contributed by atoms with E-state index >= 15 is 0 Å². The van der Waals surface area contributed by atoms with E-state index in [9.17, 15) is 13.2 Å². The lowest BCUT2D eigenvalue weighted by Crippen LogP contribution is -2.20. The number of hydrogen-bond donors (Lipinski definition) is 1. The van der Waals surface area contributed by atoms with Crippen LogP contribution in [0.5, 0.6) is 5.75 Å². The maximum Gasteiger partial charge on any atom is 0.422 e. The number of benzene rings is 1. The van der Waals surface area contributed by atoms with Gasteiger partial charge in [0, 0.05) is 23.4 Å². The third kappa shape index (κ3) is 5.87. The number of nitrogens with one attached hydrogen (secondary N) is 1. The summed E-state index contributed by atoms with van der Waals surface area (Å²) >= 11 is 3.81. The summed E-state index contributed by atoms with van der Waals surface area (Å²) in [6.07, 6.45) is -4.41. The van der Waals surface area contributed by atoms with Gasteiger partial charge in [0.05, 0.1) is 10.1 Å². The van der Waals surface area contributed by atoms with Crippen LogP contribution >= 0.6 is 23.5 Å². The number of aromatic nitrogens is 3. The number of thioether (sulfide) groups is 2. The maximum absolute atomic E-state index is 12.7. The molecule has 0 saturated carbocycles. The number of alkyl halides is 3. The fourth-order valence-corrected chi connectivity index (χ4v) is 6.15. The predicted octanol–water partition coefficient (Wildman–Crippen LogP) is 6.05. The number of hydrogen-bond acceptors (Lipinski definition) is 8. The van der Waals surface area contributed by atoms with Gasteiger partial charge in [-0.3, -0.25) is 0 Å². The minimum absolute atomic E-state index is 0.161. The molecule has 0 amide bonds. The lowest BCUT2D eigenvalue weighted by atomic mass is 9.84. The molecule has 2 aromatic heterocycles. The van der Waals surface area contributed by atoms with Gasteiger partial charge < -0.3 is 14.5 Å². The van der Waals surface area contributed by atoms with Crippen LogP contribution in [0.25, 0.3) is 22.5 Å². The van der Waals surface area contributed by atoms with E-state index < -0.39 is 12.8 Å². The van der Waals surface area contributed by atoms with E-state index in [1.165, 1.54) is 0 Å². The second-order valence-corrected chi connectivity index (χ2v) is 11.7. The summed E-state index contributed by atoms with van der Waals surface area (Å²) in [5, 5.41) is 12.1. The first kappa shape index (κ1) is 24.0. The predicted molar refractivity (Wildman–Crippen MR) is 127 cm³/mol. The van der Waals surface area contributed by atoms with Gasteiger partial charge in [-0.2, -0.15) is 13.2 Å². The van der Waals surface area contributed by atoms with E-state index in [0.717, 1.165) is 34.6 Å². The van der Waals surface area contributed by atoms with Gasteiger partial charge in [-0.15, -0.1) is 28.6 Å². The van der Waals surface area contributed by atoms with Gasteiger partial charge in [0.25, 0.3) is 5.89 Å².